The molecule has 0 radical (unpaired) electrons. The van der Waals surface area contributed by atoms with E-state index in [0.717, 1.165) is 11.3 Å². The third kappa shape index (κ3) is 3.93. The Morgan fingerprint density at radius 1 is 0.914 bits per heavy atom. The maximum Gasteiger partial charge on any atom is 0.261 e. The first-order valence-electron chi connectivity index (χ1n) is 11.4. The van der Waals surface area contributed by atoms with Gasteiger partial charge in [0.05, 0.1) is 30.3 Å². The van der Waals surface area contributed by atoms with Crippen LogP contribution >= 0.6 is 0 Å². The number of carbonyl (C=O) groups is 1. The summed E-state index contributed by atoms with van der Waals surface area (Å²) in [6.45, 7) is 2.65. The average Bonchev–Trinajstić information content (AvgIpc) is 3.51. The zero-order valence-corrected chi connectivity index (χ0v) is 19.1. The highest BCUT2D eigenvalue weighted by Crippen LogP contribution is 2.23. The van der Waals surface area contributed by atoms with E-state index in [9.17, 15) is 4.79 Å². The van der Waals surface area contributed by atoms with Crippen molar-refractivity contribution in [1.29, 1.82) is 0 Å². The highest BCUT2D eigenvalue weighted by atomic mass is 16.1. The van der Waals surface area contributed by atoms with Crippen molar-refractivity contribution in [2.45, 2.75) is 13.5 Å². The molecule has 170 valence electrons. The fraction of sp³-hybridized carbons (Fsp3) is 0.0714. The Balaban J connectivity index is 1.24. The molecule has 3 heterocycles. The molecule has 1 amide bonds. The van der Waals surface area contributed by atoms with Crippen LogP contribution in [0.2, 0.25) is 0 Å². The van der Waals surface area contributed by atoms with Gasteiger partial charge < -0.3 is 5.32 Å². The lowest BCUT2D eigenvalue weighted by Crippen LogP contribution is -2.11. The SMILES string of the molecule is Cc1ccc(-c2ccnc3c(C(=O)Nc4cnn(Cc5cccc6ccccc56)c4)cnn23)cc1. The van der Waals surface area contributed by atoms with Crippen molar-refractivity contribution < 1.29 is 4.79 Å². The van der Waals surface area contributed by atoms with Gasteiger partial charge in [0.1, 0.15) is 5.56 Å². The van der Waals surface area contributed by atoms with E-state index in [1.54, 1.807) is 23.1 Å². The normalized spacial score (nSPS) is 11.2. The molecule has 0 spiro atoms. The summed E-state index contributed by atoms with van der Waals surface area (Å²) < 4.78 is 3.52. The van der Waals surface area contributed by atoms with Crippen LogP contribution < -0.4 is 5.32 Å². The minimum Gasteiger partial charge on any atom is -0.319 e. The zero-order chi connectivity index (χ0) is 23.8. The monoisotopic (exact) mass is 458 g/mol. The van der Waals surface area contributed by atoms with Gasteiger partial charge in [-0.1, -0.05) is 72.3 Å². The number of anilines is 1. The van der Waals surface area contributed by atoms with Crippen molar-refractivity contribution in [3.8, 4) is 11.3 Å². The average molecular weight is 459 g/mol. The van der Waals surface area contributed by atoms with Crippen molar-refractivity contribution in [3.63, 3.8) is 0 Å². The number of rotatable bonds is 5. The predicted octanol–water partition coefficient (Wildman–Crippen LogP) is 5.36. The molecule has 0 aliphatic carbocycles. The summed E-state index contributed by atoms with van der Waals surface area (Å²) in [5, 5.41) is 14.2. The Morgan fingerprint density at radius 3 is 2.63 bits per heavy atom. The van der Waals surface area contributed by atoms with Crippen LogP contribution in [0.1, 0.15) is 21.5 Å². The lowest BCUT2D eigenvalue weighted by Gasteiger charge is -2.07. The molecule has 3 aromatic carbocycles. The lowest BCUT2D eigenvalue weighted by atomic mass is 10.0. The van der Waals surface area contributed by atoms with Crippen LogP contribution in [0.25, 0.3) is 27.7 Å². The summed E-state index contributed by atoms with van der Waals surface area (Å²) >= 11 is 0. The fourth-order valence-corrected chi connectivity index (χ4v) is 4.31. The molecule has 0 fully saturated rings. The molecule has 0 aliphatic heterocycles. The number of benzene rings is 3. The molecule has 35 heavy (non-hydrogen) atoms. The molecule has 0 saturated carbocycles. The van der Waals surface area contributed by atoms with Crippen LogP contribution in [0.5, 0.6) is 0 Å². The van der Waals surface area contributed by atoms with Gasteiger partial charge in [-0.15, -0.1) is 0 Å². The molecular formula is C28H22N6O. The maximum absolute atomic E-state index is 13.1. The minimum atomic E-state index is -0.279. The summed E-state index contributed by atoms with van der Waals surface area (Å²) in [7, 11) is 0. The highest BCUT2D eigenvalue weighted by molar-refractivity contribution is 6.08. The number of amides is 1. The Labute approximate surface area is 201 Å². The van der Waals surface area contributed by atoms with Crippen molar-refractivity contribution >= 4 is 28.0 Å². The summed E-state index contributed by atoms with van der Waals surface area (Å²) in [5.41, 5.74) is 5.75. The topological polar surface area (TPSA) is 77.1 Å². The predicted molar refractivity (Wildman–Crippen MR) is 136 cm³/mol. The largest absolute Gasteiger partial charge is 0.319 e. The van der Waals surface area contributed by atoms with Crippen LogP contribution in [-0.2, 0) is 6.54 Å². The first kappa shape index (κ1) is 20.8. The quantitative estimate of drug-likeness (QED) is 0.378. The second-order valence-corrected chi connectivity index (χ2v) is 8.51. The minimum absolute atomic E-state index is 0.279. The Hall–Kier alpha value is -4.78. The van der Waals surface area contributed by atoms with Crippen LogP contribution in [-0.4, -0.2) is 30.3 Å². The molecule has 7 nitrogen and oxygen atoms in total. The standard InChI is InChI=1S/C28H22N6O/c1-19-9-11-21(12-10-19)26-13-14-29-27-25(16-31-34(26)27)28(35)32-23-15-30-33(18-23)17-22-7-4-6-20-5-2-3-8-24(20)22/h2-16,18H,17H2,1H3,(H,32,35). The van der Waals surface area contributed by atoms with E-state index in [4.69, 9.17) is 0 Å². The fourth-order valence-electron chi connectivity index (χ4n) is 4.31. The third-order valence-electron chi connectivity index (χ3n) is 6.10. The molecule has 0 aliphatic rings. The van der Waals surface area contributed by atoms with Gasteiger partial charge >= 0.3 is 0 Å². The number of hydrogen-bond donors (Lipinski definition) is 1. The van der Waals surface area contributed by atoms with Crippen molar-refractivity contribution in [2.24, 2.45) is 0 Å². The number of nitrogens with one attached hydrogen (secondary N) is 1. The molecule has 6 rings (SSSR count). The van der Waals surface area contributed by atoms with Crippen LogP contribution in [0.3, 0.4) is 0 Å². The van der Waals surface area contributed by atoms with Crippen molar-refractivity contribution in [3.05, 3.63) is 114 Å². The Morgan fingerprint density at radius 2 is 1.74 bits per heavy atom. The van der Waals surface area contributed by atoms with E-state index < -0.39 is 0 Å². The molecule has 7 heteroatoms. The van der Waals surface area contributed by atoms with E-state index in [1.165, 1.54) is 21.9 Å². The van der Waals surface area contributed by atoms with Gasteiger partial charge in [-0.3, -0.25) is 9.48 Å². The molecule has 6 aromatic rings. The van der Waals surface area contributed by atoms with Gasteiger partial charge in [0.15, 0.2) is 5.65 Å². The van der Waals surface area contributed by atoms with Crippen molar-refractivity contribution in [1.82, 2.24) is 24.4 Å². The maximum atomic E-state index is 13.1. The summed E-state index contributed by atoms with van der Waals surface area (Å²) in [6, 6.07) is 24.6. The van der Waals surface area contributed by atoms with E-state index in [2.05, 4.69) is 56.9 Å². The van der Waals surface area contributed by atoms with Gasteiger partial charge in [0, 0.05) is 18.0 Å². The van der Waals surface area contributed by atoms with Gasteiger partial charge in [0.25, 0.3) is 5.91 Å². The van der Waals surface area contributed by atoms with E-state index in [1.807, 2.05) is 54.2 Å². The first-order valence-corrected chi connectivity index (χ1v) is 11.4. The molecule has 1 N–H and O–H groups in total. The Bertz CT molecular complexity index is 1670. The van der Waals surface area contributed by atoms with Crippen LogP contribution in [0.15, 0.2) is 97.6 Å². The zero-order valence-electron chi connectivity index (χ0n) is 19.1. The van der Waals surface area contributed by atoms with Gasteiger partial charge in [-0.25, -0.2) is 9.50 Å². The van der Waals surface area contributed by atoms with Gasteiger partial charge in [0.2, 0.25) is 0 Å². The molecular weight excluding hydrogens is 436 g/mol. The number of aromatic nitrogens is 5. The van der Waals surface area contributed by atoms with Gasteiger partial charge in [-0.05, 0) is 29.3 Å². The number of nitrogens with zero attached hydrogens (tertiary/aromatic N) is 5. The highest BCUT2D eigenvalue weighted by Gasteiger charge is 2.17. The second kappa shape index (κ2) is 8.53. The summed E-state index contributed by atoms with van der Waals surface area (Å²) in [4.78, 5) is 17.5. The third-order valence-corrected chi connectivity index (χ3v) is 6.10. The van der Waals surface area contributed by atoms with E-state index in [0.29, 0.717) is 23.4 Å². The first-order chi connectivity index (χ1) is 17.2. The molecule has 0 saturated heterocycles. The van der Waals surface area contributed by atoms with Gasteiger partial charge in [-0.2, -0.15) is 10.2 Å². The second-order valence-electron chi connectivity index (χ2n) is 8.51. The number of carbonyl (C=O) groups excluding carboxylic acids is 1. The van der Waals surface area contributed by atoms with Crippen LogP contribution in [0, 0.1) is 6.92 Å². The van der Waals surface area contributed by atoms with E-state index >= 15 is 0 Å². The smallest absolute Gasteiger partial charge is 0.261 e. The molecule has 3 aromatic heterocycles. The number of fused-ring (bicyclic) bond motifs is 2. The number of hydrogen-bond acceptors (Lipinski definition) is 4. The molecule has 0 unspecified atom stereocenters. The van der Waals surface area contributed by atoms with E-state index in [-0.39, 0.29) is 5.91 Å². The summed E-state index contributed by atoms with van der Waals surface area (Å²) in [5.74, 6) is -0.279. The molecule has 0 atom stereocenters. The molecule has 0 bridgehead atoms. The number of aryl methyl sites for hydroxylation is 1. The Kier molecular flexibility index (Phi) is 5.07. The van der Waals surface area contributed by atoms with Crippen molar-refractivity contribution in [2.75, 3.05) is 5.32 Å². The lowest BCUT2D eigenvalue weighted by molar-refractivity contribution is 0.102. The summed E-state index contributed by atoms with van der Waals surface area (Å²) in [6.07, 6.45) is 6.73. The van der Waals surface area contributed by atoms with Crippen LogP contribution in [0.4, 0.5) is 5.69 Å².